The molecule has 7 heteroatoms. The Balaban J connectivity index is 1.71. The highest BCUT2D eigenvalue weighted by Gasteiger charge is 2.32. The quantitative estimate of drug-likeness (QED) is 0.859. The number of hydrogen-bond acceptors (Lipinski definition) is 6. The van der Waals surface area contributed by atoms with E-state index < -0.39 is 12.0 Å². The van der Waals surface area contributed by atoms with Crippen LogP contribution in [0.25, 0.3) is 0 Å². The van der Waals surface area contributed by atoms with Crippen molar-refractivity contribution in [2.24, 2.45) is 0 Å². The van der Waals surface area contributed by atoms with Gasteiger partial charge in [0.1, 0.15) is 11.9 Å². The molecule has 2 atom stereocenters. The van der Waals surface area contributed by atoms with E-state index >= 15 is 0 Å². The third-order valence-corrected chi connectivity index (χ3v) is 3.95. The molecule has 2 saturated heterocycles. The Kier molecular flexibility index (Phi) is 4.19. The summed E-state index contributed by atoms with van der Waals surface area (Å²) in [4.78, 5) is 21.7. The first kappa shape index (κ1) is 14.1. The van der Waals surface area contributed by atoms with Gasteiger partial charge in [0.2, 0.25) is 5.95 Å². The molecular formula is C14H20N4O3. The van der Waals surface area contributed by atoms with Crippen molar-refractivity contribution in [3.05, 3.63) is 12.3 Å². The largest absolute Gasteiger partial charge is 0.480 e. The Morgan fingerprint density at radius 1 is 1.43 bits per heavy atom. The number of carboxylic acid groups (broad SMARTS) is 1. The van der Waals surface area contributed by atoms with Crippen molar-refractivity contribution in [2.45, 2.75) is 37.8 Å². The monoisotopic (exact) mass is 292 g/mol. The lowest BCUT2D eigenvalue weighted by molar-refractivity contribution is -0.138. The highest BCUT2D eigenvalue weighted by molar-refractivity contribution is 5.78. The molecule has 1 aromatic heterocycles. The maximum absolute atomic E-state index is 11.3. The van der Waals surface area contributed by atoms with Gasteiger partial charge in [0.05, 0.1) is 12.6 Å². The Morgan fingerprint density at radius 2 is 2.33 bits per heavy atom. The standard InChI is InChI=1S/C14H20N4O3/c19-13(20)11-4-1-7-18(11)14-15-6-5-12(17-14)16-10-3-2-8-21-9-10/h5-6,10-11H,1-4,7-9H2,(H,19,20)(H,15,16,17)/t10?,11-/m0/s1. The lowest BCUT2D eigenvalue weighted by Crippen LogP contribution is -2.37. The lowest BCUT2D eigenvalue weighted by Gasteiger charge is -2.25. The highest BCUT2D eigenvalue weighted by Crippen LogP contribution is 2.23. The zero-order valence-electron chi connectivity index (χ0n) is 11.9. The molecule has 2 aliphatic rings. The number of carboxylic acids is 1. The zero-order chi connectivity index (χ0) is 14.7. The van der Waals surface area contributed by atoms with E-state index in [1.807, 2.05) is 6.07 Å². The molecule has 1 aromatic rings. The van der Waals surface area contributed by atoms with Crippen molar-refractivity contribution in [3.63, 3.8) is 0 Å². The average Bonchev–Trinajstić information content (AvgIpc) is 2.98. The minimum atomic E-state index is -0.810. The van der Waals surface area contributed by atoms with Crippen molar-refractivity contribution >= 4 is 17.7 Å². The van der Waals surface area contributed by atoms with E-state index in [-0.39, 0.29) is 6.04 Å². The second kappa shape index (κ2) is 6.26. The van der Waals surface area contributed by atoms with Crippen LogP contribution >= 0.6 is 0 Å². The first-order valence-corrected chi connectivity index (χ1v) is 7.41. The predicted molar refractivity (Wildman–Crippen MR) is 77.5 cm³/mol. The molecule has 0 saturated carbocycles. The Labute approximate surface area is 123 Å². The predicted octanol–water partition coefficient (Wildman–Crippen LogP) is 1.12. The summed E-state index contributed by atoms with van der Waals surface area (Å²) in [6, 6.07) is 1.55. The first-order valence-electron chi connectivity index (χ1n) is 7.41. The minimum Gasteiger partial charge on any atom is -0.480 e. The molecule has 2 fully saturated rings. The van der Waals surface area contributed by atoms with Crippen molar-refractivity contribution in [1.82, 2.24) is 9.97 Å². The number of ether oxygens (including phenoxy) is 1. The maximum Gasteiger partial charge on any atom is 0.326 e. The topological polar surface area (TPSA) is 87.6 Å². The molecule has 114 valence electrons. The summed E-state index contributed by atoms with van der Waals surface area (Å²) in [7, 11) is 0. The number of hydrogen-bond donors (Lipinski definition) is 2. The van der Waals surface area contributed by atoms with Gasteiger partial charge in [-0.15, -0.1) is 0 Å². The summed E-state index contributed by atoms with van der Waals surface area (Å²) in [5, 5.41) is 12.6. The third kappa shape index (κ3) is 3.24. The van der Waals surface area contributed by atoms with Gasteiger partial charge in [0.15, 0.2) is 0 Å². The third-order valence-electron chi connectivity index (χ3n) is 3.95. The molecule has 0 aliphatic carbocycles. The molecule has 21 heavy (non-hydrogen) atoms. The molecule has 0 spiro atoms. The number of nitrogens with one attached hydrogen (secondary N) is 1. The van der Waals surface area contributed by atoms with Crippen molar-refractivity contribution in [3.8, 4) is 0 Å². The van der Waals surface area contributed by atoms with Crippen LogP contribution in [-0.2, 0) is 9.53 Å². The van der Waals surface area contributed by atoms with Crippen LogP contribution in [0.3, 0.4) is 0 Å². The van der Waals surface area contributed by atoms with E-state index in [0.29, 0.717) is 25.5 Å². The minimum absolute atomic E-state index is 0.260. The summed E-state index contributed by atoms with van der Waals surface area (Å²) in [5.74, 6) is 0.406. The molecule has 2 N–H and O–H groups in total. The second-order valence-corrected chi connectivity index (χ2v) is 5.49. The Bertz CT molecular complexity index is 505. The number of rotatable bonds is 4. The van der Waals surface area contributed by atoms with Gasteiger partial charge in [-0.3, -0.25) is 0 Å². The van der Waals surface area contributed by atoms with E-state index in [0.717, 1.165) is 31.7 Å². The van der Waals surface area contributed by atoms with Gasteiger partial charge in [0.25, 0.3) is 0 Å². The molecular weight excluding hydrogens is 272 g/mol. The molecule has 7 nitrogen and oxygen atoms in total. The van der Waals surface area contributed by atoms with Crippen LogP contribution in [0, 0.1) is 0 Å². The zero-order valence-corrected chi connectivity index (χ0v) is 11.9. The maximum atomic E-state index is 11.3. The second-order valence-electron chi connectivity index (χ2n) is 5.49. The van der Waals surface area contributed by atoms with Crippen molar-refractivity contribution < 1.29 is 14.6 Å². The molecule has 0 bridgehead atoms. The van der Waals surface area contributed by atoms with Gasteiger partial charge < -0.3 is 20.1 Å². The molecule has 2 aliphatic heterocycles. The van der Waals surface area contributed by atoms with E-state index in [4.69, 9.17) is 4.74 Å². The fourth-order valence-electron chi connectivity index (χ4n) is 2.89. The van der Waals surface area contributed by atoms with Crippen LogP contribution in [0.5, 0.6) is 0 Å². The lowest BCUT2D eigenvalue weighted by atomic mass is 10.1. The van der Waals surface area contributed by atoms with Crippen LogP contribution in [0.1, 0.15) is 25.7 Å². The van der Waals surface area contributed by atoms with Gasteiger partial charge in [-0.1, -0.05) is 0 Å². The van der Waals surface area contributed by atoms with Gasteiger partial charge in [-0.05, 0) is 31.7 Å². The SMILES string of the molecule is O=C(O)[C@@H]1CCCN1c1nccc(NC2CCCOC2)n1. The van der Waals surface area contributed by atoms with Crippen molar-refractivity contribution in [1.29, 1.82) is 0 Å². The smallest absolute Gasteiger partial charge is 0.326 e. The summed E-state index contributed by atoms with van der Waals surface area (Å²) in [6.07, 6.45) is 5.27. The number of nitrogens with zero attached hydrogens (tertiary/aromatic N) is 3. The van der Waals surface area contributed by atoms with Crippen LogP contribution < -0.4 is 10.2 Å². The molecule has 0 aromatic carbocycles. The summed E-state index contributed by atoms with van der Waals surface area (Å²) >= 11 is 0. The van der Waals surface area contributed by atoms with Crippen LogP contribution in [0.4, 0.5) is 11.8 Å². The summed E-state index contributed by atoms with van der Waals surface area (Å²) in [6.45, 7) is 2.19. The fraction of sp³-hybridized carbons (Fsp3) is 0.643. The van der Waals surface area contributed by atoms with E-state index in [1.54, 1.807) is 11.1 Å². The number of anilines is 2. The van der Waals surface area contributed by atoms with Gasteiger partial charge in [-0.2, -0.15) is 4.98 Å². The fourth-order valence-corrected chi connectivity index (χ4v) is 2.89. The van der Waals surface area contributed by atoms with E-state index in [1.165, 1.54) is 0 Å². The summed E-state index contributed by atoms with van der Waals surface area (Å²) < 4.78 is 5.44. The van der Waals surface area contributed by atoms with Crippen molar-refractivity contribution in [2.75, 3.05) is 30.0 Å². The van der Waals surface area contributed by atoms with Crippen LogP contribution in [0.2, 0.25) is 0 Å². The van der Waals surface area contributed by atoms with Crippen LogP contribution in [-0.4, -0.2) is 52.9 Å². The Morgan fingerprint density at radius 3 is 3.10 bits per heavy atom. The summed E-state index contributed by atoms with van der Waals surface area (Å²) in [5.41, 5.74) is 0. The molecule has 0 radical (unpaired) electrons. The Hall–Kier alpha value is -1.89. The molecule has 3 heterocycles. The molecule has 1 unspecified atom stereocenters. The van der Waals surface area contributed by atoms with E-state index in [2.05, 4.69) is 15.3 Å². The first-order chi connectivity index (χ1) is 10.2. The average molecular weight is 292 g/mol. The van der Waals surface area contributed by atoms with Gasteiger partial charge in [-0.25, -0.2) is 9.78 Å². The number of carbonyl (C=O) groups is 1. The number of aliphatic carboxylic acids is 1. The molecule has 3 rings (SSSR count). The number of aromatic nitrogens is 2. The van der Waals surface area contributed by atoms with Crippen LogP contribution in [0.15, 0.2) is 12.3 Å². The van der Waals surface area contributed by atoms with Gasteiger partial charge >= 0.3 is 5.97 Å². The molecule has 0 amide bonds. The highest BCUT2D eigenvalue weighted by atomic mass is 16.5. The van der Waals surface area contributed by atoms with E-state index in [9.17, 15) is 9.90 Å². The van der Waals surface area contributed by atoms with Gasteiger partial charge in [0, 0.05) is 19.3 Å². The normalized spacial score (nSPS) is 25.8.